The van der Waals surface area contributed by atoms with Gasteiger partial charge in [-0.15, -0.1) is 11.3 Å². The summed E-state index contributed by atoms with van der Waals surface area (Å²) in [4.78, 5) is 28.3. The number of benzene rings is 2. The normalized spacial score (nSPS) is 10.7. The molecule has 0 aliphatic heterocycles. The predicted octanol–water partition coefficient (Wildman–Crippen LogP) is 4.52. The van der Waals surface area contributed by atoms with Gasteiger partial charge in [-0.1, -0.05) is 36.4 Å². The van der Waals surface area contributed by atoms with Gasteiger partial charge in [0.15, 0.2) is 0 Å². The van der Waals surface area contributed by atoms with E-state index in [1.807, 2.05) is 54.8 Å². The van der Waals surface area contributed by atoms with Gasteiger partial charge < -0.3 is 10.2 Å². The highest BCUT2D eigenvalue weighted by atomic mass is 32.1. The van der Waals surface area contributed by atoms with Gasteiger partial charge in [0.1, 0.15) is 11.5 Å². The van der Waals surface area contributed by atoms with E-state index in [0.717, 1.165) is 16.1 Å². The number of carbonyl (C=O) groups excluding carboxylic acids is 2. The maximum absolute atomic E-state index is 13.4. The first-order chi connectivity index (χ1) is 16.0. The van der Waals surface area contributed by atoms with Crippen molar-refractivity contribution in [2.75, 3.05) is 13.1 Å². The fraction of sp³-hybridized carbons (Fsp3) is 0.160. The second kappa shape index (κ2) is 10.2. The van der Waals surface area contributed by atoms with Crippen LogP contribution in [0.15, 0.2) is 78.3 Å². The molecule has 2 heterocycles. The lowest BCUT2D eigenvalue weighted by atomic mass is 10.2. The van der Waals surface area contributed by atoms with Crippen LogP contribution in [0.25, 0.3) is 16.3 Å². The van der Waals surface area contributed by atoms with Crippen LogP contribution >= 0.6 is 11.3 Å². The van der Waals surface area contributed by atoms with E-state index >= 15 is 0 Å². The minimum absolute atomic E-state index is 0.0864. The third-order valence-electron chi connectivity index (χ3n) is 5.13. The third-order valence-corrected chi connectivity index (χ3v) is 6.00. The van der Waals surface area contributed by atoms with Crippen LogP contribution in [0.1, 0.15) is 22.8 Å². The summed E-state index contributed by atoms with van der Waals surface area (Å²) < 4.78 is 14.7. The van der Waals surface area contributed by atoms with Crippen LogP contribution in [0.3, 0.4) is 0 Å². The molecular formula is C25H23FN4O2S. The minimum Gasteiger partial charge on any atom is -0.350 e. The average molecular weight is 463 g/mol. The molecule has 168 valence electrons. The summed E-state index contributed by atoms with van der Waals surface area (Å²) in [6.45, 7) is 2.37. The van der Waals surface area contributed by atoms with Gasteiger partial charge in [-0.2, -0.15) is 5.10 Å². The first kappa shape index (κ1) is 22.4. The summed E-state index contributed by atoms with van der Waals surface area (Å²) in [5.41, 5.74) is 2.65. The molecule has 0 saturated carbocycles. The molecule has 33 heavy (non-hydrogen) atoms. The molecule has 0 unspecified atom stereocenters. The first-order valence-corrected chi connectivity index (χ1v) is 11.4. The van der Waals surface area contributed by atoms with Gasteiger partial charge in [0.05, 0.1) is 22.7 Å². The lowest BCUT2D eigenvalue weighted by Gasteiger charge is -2.20. The number of nitrogens with zero attached hydrogens (tertiary/aromatic N) is 3. The van der Waals surface area contributed by atoms with Crippen LogP contribution in [-0.4, -0.2) is 39.6 Å². The molecule has 4 rings (SSSR count). The second-order valence-corrected chi connectivity index (χ2v) is 8.32. The SMILES string of the molecule is CCN(CC(=O)NCc1ccc(F)cc1)C(=O)c1cn(-c2ccccc2)nc1-c1cccs1. The zero-order chi connectivity index (χ0) is 23.2. The van der Waals surface area contributed by atoms with Crippen molar-refractivity contribution >= 4 is 23.2 Å². The zero-order valence-corrected chi connectivity index (χ0v) is 18.9. The highest BCUT2D eigenvalue weighted by Gasteiger charge is 2.24. The molecule has 0 fully saturated rings. The average Bonchev–Trinajstić information content (AvgIpc) is 3.52. The van der Waals surface area contributed by atoms with Crippen LogP contribution < -0.4 is 5.32 Å². The van der Waals surface area contributed by atoms with Crippen molar-refractivity contribution in [2.45, 2.75) is 13.5 Å². The predicted molar refractivity (Wildman–Crippen MR) is 127 cm³/mol. The highest BCUT2D eigenvalue weighted by molar-refractivity contribution is 7.13. The van der Waals surface area contributed by atoms with Crippen molar-refractivity contribution in [2.24, 2.45) is 0 Å². The van der Waals surface area contributed by atoms with Crippen molar-refractivity contribution in [3.05, 3.63) is 95.3 Å². The summed E-state index contributed by atoms with van der Waals surface area (Å²) in [6.07, 6.45) is 1.71. The Morgan fingerprint density at radius 3 is 2.48 bits per heavy atom. The van der Waals surface area contributed by atoms with E-state index in [4.69, 9.17) is 0 Å². The first-order valence-electron chi connectivity index (χ1n) is 10.5. The molecule has 0 aliphatic carbocycles. The van der Waals surface area contributed by atoms with Crippen LogP contribution in [0.5, 0.6) is 0 Å². The van der Waals surface area contributed by atoms with E-state index in [0.29, 0.717) is 17.8 Å². The van der Waals surface area contributed by atoms with E-state index in [2.05, 4.69) is 10.4 Å². The van der Waals surface area contributed by atoms with Crippen molar-refractivity contribution in [3.8, 4) is 16.3 Å². The standard InChI is InChI=1S/C25H23FN4O2S/c1-2-29(17-23(31)27-15-18-10-12-19(26)13-11-18)25(32)21-16-30(20-7-4-3-5-8-20)28-24(21)22-9-6-14-33-22/h3-14,16H,2,15,17H2,1H3,(H,27,31). The fourth-order valence-corrected chi connectivity index (χ4v) is 4.09. The molecule has 2 aromatic carbocycles. The molecule has 8 heteroatoms. The zero-order valence-electron chi connectivity index (χ0n) is 18.1. The van der Waals surface area contributed by atoms with E-state index in [-0.39, 0.29) is 30.7 Å². The van der Waals surface area contributed by atoms with Crippen molar-refractivity contribution in [1.82, 2.24) is 20.0 Å². The van der Waals surface area contributed by atoms with Crippen molar-refractivity contribution in [3.63, 3.8) is 0 Å². The van der Waals surface area contributed by atoms with Crippen LogP contribution in [0, 0.1) is 5.82 Å². The smallest absolute Gasteiger partial charge is 0.258 e. The highest BCUT2D eigenvalue weighted by Crippen LogP contribution is 2.28. The topological polar surface area (TPSA) is 67.2 Å². The van der Waals surface area contributed by atoms with Crippen molar-refractivity contribution < 1.29 is 14.0 Å². The molecule has 0 radical (unpaired) electrons. The maximum atomic E-state index is 13.4. The Balaban J connectivity index is 1.53. The van der Waals surface area contributed by atoms with Gasteiger partial charge in [-0.05, 0) is 48.2 Å². The molecule has 4 aromatic rings. The van der Waals surface area contributed by atoms with E-state index < -0.39 is 0 Å². The number of likely N-dealkylation sites (N-methyl/N-ethyl adjacent to an activating group) is 1. The number of thiophene rings is 1. The summed E-state index contributed by atoms with van der Waals surface area (Å²) >= 11 is 1.50. The Morgan fingerprint density at radius 1 is 1.06 bits per heavy atom. The number of amides is 2. The summed E-state index contributed by atoms with van der Waals surface area (Å²) in [7, 11) is 0. The molecule has 0 aliphatic rings. The molecule has 6 nitrogen and oxygen atoms in total. The monoisotopic (exact) mass is 462 g/mol. The third kappa shape index (κ3) is 5.35. The largest absolute Gasteiger partial charge is 0.350 e. The Kier molecular flexibility index (Phi) is 6.95. The number of halogens is 1. The molecule has 2 aromatic heterocycles. The van der Waals surface area contributed by atoms with Gasteiger partial charge in [-0.25, -0.2) is 9.07 Å². The summed E-state index contributed by atoms with van der Waals surface area (Å²) in [6, 6.07) is 19.3. The number of nitrogens with one attached hydrogen (secondary N) is 1. The van der Waals surface area contributed by atoms with Gasteiger partial charge in [0, 0.05) is 19.3 Å². The quantitative estimate of drug-likeness (QED) is 0.419. The molecule has 0 saturated heterocycles. The van der Waals surface area contributed by atoms with Crippen molar-refractivity contribution in [1.29, 1.82) is 0 Å². The fourth-order valence-electron chi connectivity index (χ4n) is 3.37. The summed E-state index contributed by atoms with van der Waals surface area (Å²) in [5.74, 6) is -0.881. The van der Waals surface area contributed by atoms with E-state index in [1.165, 1.54) is 28.4 Å². The number of aromatic nitrogens is 2. The minimum atomic E-state index is -0.328. The van der Waals surface area contributed by atoms with E-state index in [9.17, 15) is 14.0 Å². The van der Waals surface area contributed by atoms with Crippen LogP contribution in [0.4, 0.5) is 4.39 Å². The number of hydrogen-bond donors (Lipinski definition) is 1. The van der Waals surface area contributed by atoms with Gasteiger partial charge in [0.25, 0.3) is 5.91 Å². The Labute approximate surface area is 195 Å². The maximum Gasteiger partial charge on any atom is 0.258 e. The summed E-state index contributed by atoms with van der Waals surface area (Å²) in [5, 5.41) is 9.40. The Hall–Kier alpha value is -3.78. The Bertz CT molecular complexity index is 1220. The second-order valence-electron chi connectivity index (χ2n) is 7.37. The van der Waals surface area contributed by atoms with Gasteiger partial charge in [0.2, 0.25) is 5.91 Å². The van der Waals surface area contributed by atoms with E-state index in [1.54, 1.807) is 23.0 Å². The number of rotatable bonds is 8. The molecule has 1 N–H and O–H groups in total. The number of carbonyl (C=O) groups is 2. The molecule has 0 atom stereocenters. The number of para-hydroxylation sites is 1. The van der Waals surface area contributed by atoms with Gasteiger partial charge in [-0.3, -0.25) is 9.59 Å². The van der Waals surface area contributed by atoms with Gasteiger partial charge >= 0.3 is 0 Å². The molecule has 2 amide bonds. The lowest BCUT2D eigenvalue weighted by Crippen LogP contribution is -2.40. The molecule has 0 bridgehead atoms. The lowest BCUT2D eigenvalue weighted by molar-refractivity contribution is -0.121. The molecular weight excluding hydrogens is 439 g/mol. The van der Waals surface area contributed by atoms with Crippen LogP contribution in [0.2, 0.25) is 0 Å². The van der Waals surface area contributed by atoms with Crippen LogP contribution in [-0.2, 0) is 11.3 Å². The Morgan fingerprint density at radius 2 is 1.82 bits per heavy atom. The number of hydrogen-bond acceptors (Lipinski definition) is 4. The molecule has 0 spiro atoms.